The Morgan fingerprint density at radius 3 is 2.62 bits per heavy atom. The largest absolute Gasteiger partial charge is 0.497 e. The van der Waals surface area contributed by atoms with Crippen LogP contribution in [0.15, 0.2) is 59.0 Å². The molecule has 190 valence electrons. The van der Waals surface area contributed by atoms with Crippen LogP contribution in [0, 0.1) is 0 Å². The van der Waals surface area contributed by atoms with Crippen LogP contribution in [0.25, 0.3) is 11.0 Å². The van der Waals surface area contributed by atoms with Crippen molar-refractivity contribution in [2.24, 2.45) is 0 Å². The van der Waals surface area contributed by atoms with E-state index in [0.717, 1.165) is 16.1 Å². The van der Waals surface area contributed by atoms with Gasteiger partial charge in [0.05, 0.1) is 25.5 Å². The molecule has 6 rings (SSSR count). The third-order valence-corrected chi connectivity index (χ3v) is 7.77. The van der Waals surface area contributed by atoms with Gasteiger partial charge in [0, 0.05) is 17.5 Å². The summed E-state index contributed by atoms with van der Waals surface area (Å²) in [4.78, 5) is 39.9. The smallest absolute Gasteiger partial charge is 0.330 e. The molecular formula is C23H19N5O8S. The summed E-state index contributed by atoms with van der Waals surface area (Å²) in [6.45, 7) is -0.00278. The lowest BCUT2D eigenvalue weighted by atomic mass is 9.95. The Morgan fingerprint density at radius 2 is 1.95 bits per heavy atom. The maximum absolute atomic E-state index is 13.2. The lowest BCUT2D eigenvalue weighted by Gasteiger charge is -2.29. The van der Waals surface area contributed by atoms with Crippen LogP contribution in [0.1, 0.15) is 21.7 Å². The number of hydrogen-bond acceptors (Lipinski definition) is 8. The molecule has 1 unspecified atom stereocenters. The molecule has 4 amide bonds. The lowest BCUT2D eigenvalue weighted by molar-refractivity contribution is -0.125. The number of anilines is 1. The maximum atomic E-state index is 13.2. The fraction of sp³-hybridized carbons (Fsp3) is 0.174. The average molecular weight is 525 g/mol. The van der Waals surface area contributed by atoms with Crippen molar-refractivity contribution < 1.29 is 37.1 Å². The highest BCUT2D eigenvalue weighted by atomic mass is 32.2. The highest BCUT2D eigenvalue weighted by Crippen LogP contribution is 2.36. The molecule has 1 atom stereocenters. The Morgan fingerprint density at radius 1 is 1.14 bits per heavy atom. The van der Waals surface area contributed by atoms with Gasteiger partial charge < -0.3 is 24.5 Å². The van der Waals surface area contributed by atoms with Gasteiger partial charge in [-0.2, -0.15) is 8.42 Å². The minimum atomic E-state index is -4.01. The van der Waals surface area contributed by atoms with E-state index in [4.69, 9.17) is 9.15 Å². The predicted octanol–water partition coefficient (Wildman–Crippen LogP) is 1.14. The number of fused-ring (bicyclic) bond motifs is 2. The van der Waals surface area contributed by atoms with Crippen LogP contribution < -0.4 is 24.4 Å². The molecule has 13 nitrogen and oxygen atoms in total. The van der Waals surface area contributed by atoms with Crippen molar-refractivity contribution in [1.29, 1.82) is 0 Å². The van der Waals surface area contributed by atoms with Crippen molar-refractivity contribution in [1.82, 2.24) is 20.3 Å². The molecule has 0 aliphatic carbocycles. The molecule has 37 heavy (non-hydrogen) atoms. The summed E-state index contributed by atoms with van der Waals surface area (Å²) in [6, 6.07) is 10.3. The number of rotatable bonds is 5. The molecule has 1 aromatic heterocycles. The number of furan rings is 1. The normalized spacial score (nSPS) is 22.1. The molecule has 1 fully saturated rings. The van der Waals surface area contributed by atoms with E-state index < -0.39 is 33.6 Å². The maximum Gasteiger partial charge on any atom is 0.330 e. The lowest BCUT2D eigenvalue weighted by Crippen LogP contribution is -2.52. The van der Waals surface area contributed by atoms with Crippen molar-refractivity contribution in [3.05, 3.63) is 71.4 Å². The number of nitrogens with zero attached hydrogens (tertiary/aromatic N) is 2. The standard InChI is InChI=1S/C23H19N5O8S/c1-35-15-4-2-12-9-27(20(30)16(12)8-15)11-23(21(31)24-22(32)25-23)18-7-13-6-14(3-5-17(13)36-18)28-10-19(29)26-37(28,33)34/h2-8,10,26,29H,9,11H2,1H3,(H2,24,25,31,32). The summed E-state index contributed by atoms with van der Waals surface area (Å²) >= 11 is 0. The average Bonchev–Trinajstić information content (AvgIpc) is 3.56. The molecule has 0 bridgehead atoms. The minimum Gasteiger partial charge on any atom is -0.497 e. The van der Waals surface area contributed by atoms with Crippen molar-refractivity contribution in [3.8, 4) is 5.75 Å². The van der Waals surface area contributed by atoms with Crippen LogP contribution in [0.4, 0.5) is 10.5 Å². The van der Waals surface area contributed by atoms with Gasteiger partial charge >= 0.3 is 16.2 Å². The molecule has 3 aliphatic heterocycles. The molecule has 4 N–H and O–H groups in total. The number of urea groups is 1. The number of imide groups is 1. The third kappa shape index (κ3) is 3.44. The first-order valence-electron chi connectivity index (χ1n) is 11.0. The Labute approximate surface area is 209 Å². The van der Waals surface area contributed by atoms with Gasteiger partial charge in [0.15, 0.2) is 5.54 Å². The predicted molar refractivity (Wildman–Crippen MR) is 128 cm³/mol. The van der Waals surface area contributed by atoms with Crippen LogP contribution in [-0.2, 0) is 27.1 Å². The van der Waals surface area contributed by atoms with E-state index >= 15 is 0 Å². The summed E-state index contributed by atoms with van der Waals surface area (Å²) < 4.78 is 38.4. The van der Waals surface area contributed by atoms with Gasteiger partial charge in [-0.05, 0) is 42.0 Å². The van der Waals surface area contributed by atoms with Crippen LogP contribution >= 0.6 is 0 Å². The second kappa shape index (κ2) is 7.64. The molecule has 2 aromatic carbocycles. The second-order valence-corrected chi connectivity index (χ2v) is 10.3. The topological polar surface area (TPSA) is 171 Å². The van der Waals surface area contributed by atoms with Crippen LogP contribution in [-0.4, -0.2) is 49.9 Å². The number of aliphatic hydroxyl groups excluding tert-OH is 1. The zero-order chi connectivity index (χ0) is 26.1. The first kappa shape index (κ1) is 22.7. The monoisotopic (exact) mass is 525 g/mol. The number of ether oxygens (including phenoxy) is 1. The molecule has 0 spiro atoms. The van der Waals surface area contributed by atoms with E-state index in [2.05, 4.69) is 10.6 Å². The van der Waals surface area contributed by atoms with Gasteiger partial charge in [-0.1, -0.05) is 6.07 Å². The SMILES string of the molecule is COc1ccc2c(c1)C(=O)N(CC1(c3cc4cc(N5C=C(O)NS5(=O)=O)ccc4o3)NC(=O)NC1=O)C2. The number of nitrogens with one attached hydrogen (secondary N) is 3. The highest BCUT2D eigenvalue weighted by molar-refractivity contribution is 7.91. The zero-order valence-corrected chi connectivity index (χ0v) is 20.0. The fourth-order valence-electron chi connectivity index (χ4n) is 4.72. The van der Waals surface area contributed by atoms with Crippen LogP contribution in [0.5, 0.6) is 5.75 Å². The fourth-order valence-corrected chi connectivity index (χ4v) is 5.76. The molecular weight excluding hydrogens is 506 g/mol. The van der Waals surface area contributed by atoms with E-state index in [1.807, 2.05) is 4.72 Å². The number of carbonyl (C=O) groups excluding carboxylic acids is 3. The summed E-state index contributed by atoms with van der Waals surface area (Å²) in [5.41, 5.74) is -0.0331. The molecule has 3 aliphatic rings. The Kier molecular flexibility index (Phi) is 4.69. The summed E-state index contributed by atoms with van der Waals surface area (Å²) in [5.74, 6) is -0.991. The van der Waals surface area contributed by atoms with E-state index in [1.165, 1.54) is 36.3 Å². The van der Waals surface area contributed by atoms with Gasteiger partial charge in [-0.3, -0.25) is 14.9 Å². The second-order valence-electron chi connectivity index (χ2n) is 8.75. The number of amides is 4. The number of methoxy groups -OCH3 is 1. The number of benzene rings is 2. The van der Waals surface area contributed by atoms with Gasteiger partial charge in [-0.25, -0.2) is 13.8 Å². The van der Waals surface area contributed by atoms with Gasteiger partial charge in [-0.15, -0.1) is 0 Å². The van der Waals surface area contributed by atoms with Crippen LogP contribution in [0.2, 0.25) is 0 Å². The number of hydrogen-bond donors (Lipinski definition) is 4. The molecule has 14 heteroatoms. The zero-order valence-electron chi connectivity index (χ0n) is 19.1. The van der Waals surface area contributed by atoms with Crippen LogP contribution in [0.3, 0.4) is 0 Å². The van der Waals surface area contributed by atoms with E-state index in [9.17, 15) is 27.9 Å². The van der Waals surface area contributed by atoms with Crippen molar-refractivity contribution in [3.63, 3.8) is 0 Å². The van der Waals surface area contributed by atoms with E-state index in [-0.39, 0.29) is 30.4 Å². The molecule has 4 heterocycles. The Hall–Kier alpha value is -4.72. The highest BCUT2D eigenvalue weighted by Gasteiger charge is 2.53. The Balaban J connectivity index is 1.38. The van der Waals surface area contributed by atoms with Crippen molar-refractivity contribution >= 4 is 44.7 Å². The molecule has 0 saturated carbocycles. The molecule has 1 saturated heterocycles. The number of aliphatic hydroxyl groups is 1. The van der Waals surface area contributed by atoms with Gasteiger partial charge in [0.25, 0.3) is 11.8 Å². The summed E-state index contributed by atoms with van der Waals surface area (Å²) in [7, 11) is -2.52. The quantitative estimate of drug-likeness (QED) is 0.359. The van der Waals surface area contributed by atoms with E-state index in [0.29, 0.717) is 22.3 Å². The first-order valence-corrected chi connectivity index (χ1v) is 12.4. The molecule has 0 radical (unpaired) electrons. The molecule has 3 aromatic rings. The summed E-state index contributed by atoms with van der Waals surface area (Å²) in [5, 5.41) is 14.8. The summed E-state index contributed by atoms with van der Waals surface area (Å²) in [6.07, 6.45) is 1.01. The van der Waals surface area contributed by atoms with Crippen molar-refractivity contribution in [2.75, 3.05) is 18.0 Å². The van der Waals surface area contributed by atoms with Crippen molar-refractivity contribution in [2.45, 2.75) is 12.1 Å². The first-order chi connectivity index (χ1) is 17.6. The Bertz CT molecular complexity index is 1660. The number of carbonyl (C=O) groups is 3. The van der Waals surface area contributed by atoms with Gasteiger partial charge in [0.1, 0.15) is 17.1 Å². The van der Waals surface area contributed by atoms with E-state index in [1.54, 1.807) is 18.2 Å². The van der Waals surface area contributed by atoms with Gasteiger partial charge in [0.2, 0.25) is 5.88 Å². The minimum absolute atomic E-state index is 0.0603. The third-order valence-electron chi connectivity index (χ3n) is 6.47.